The summed E-state index contributed by atoms with van der Waals surface area (Å²) in [5.41, 5.74) is 5.67. The number of fused-ring (bicyclic) bond motifs is 1. The molecule has 0 saturated heterocycles. The van der Waals surface area contributed by atoms with Gasteiger partial charge in [0.1, 0.15) is 0 Å². The van der Waals surface area contributed by atoms with Crippen LogP contribution in [0.3, 0.4) is 0 Å². The van der Waals surface area contributed by atoms with Gasteiger partial charge in [0.2, 0.25) is 11.1 Å². The predicted octanol–water partition coefficient (Wildman–Crippen LogP) is 1.89. The fourth-order valence-corrected chi connectivity index (χ4v) is 2.79. The molecule has 8 nitrogen and oxygen atoms in total. The number of primary amides is 1. The molecule has 0 spiro atoms. The molecule has 2 aromatic heterocycles. The van der Waals surface area contributed by atoms with Crippen molar-refractivity contribution in [2.45, 2.75) is 10.1 Å². The second kappa shape index (κ2) is 5.45. The van der Waals surface area contributed by atoms with Crippen molar-refractivity contribution in [1.82, 2.24) is 14.6 Å². The summed E-state index contributed by atoms with van der Waals surface area (Å²) < 4.78 is 1.72. The van der Waals surface area contributed by atoms with Crippen LogP contribution in [0.25, 0.3) is 5.65 Å². The van der Waals surface area contributed by atoms with Crippen LogP contribution in [0.2, 0.25) is 0 Å². The van der Waals surface area contributed by atoms with Crippen molar-refractivity contribution in [3.63, 3.8) is 0 Å². The molecule has 22 heavy (non-hydrogen) atoms. The molecule has 0 unspecified atom stereocenters. The van der Waals surface area contributed by atoms with E-state index in [1.165, 1.54) is 12.1 Å². The minimum absolute atomic E-state index is 0.0853. The Morgan fingerprint density at radius 1 is 1.27 bits per heavy atom. The van der Waals surface area contributed by atoms with Crippen LogP contribution < -0.4 is 5.73 Å². The fourth-order valence-electron chi connectivity index (χ4n) is 1.89. The highest BCUT2D eigenvalue weighted by atomic mass is 32.2. The number of nitrogens with two attached hydrogens (primary N) is 1. The maximum absolute atomic E-state index is 11.2. The summed E-state index contributed by atoms with van der Waals surface area (Å²) in [5.74, 6) is -0.715. The molecule has 3 aromatic rings. The molecule has 1 aromatic carbocycles. The van der Waals surface area contributed by atoms with E-state index in [4.69, 9.17) is 5.73 Å². The van der Waals surface area contributed by atoms with E-state index in [1.54, 1.807) is 16.7 Å². The van der Waals surface area contributed by atoms with E-state index in [-0.39, 0.29) is 11.3 Å². The van der Waals surface area contributed by atoms with E-state index in [2.05, 4.69) is 10.2 Å². The largest absolute Gasteiger partial charge is 0.366 e. The smallest absolute Gasteiger partial charge is 0.284 e. The number of hydrogen-bond donors (Lipinski definition) is 1. The second-order valence-electron chi connectivity index (χ2n) is 4.32. The quantitative estimate of drug-likeness (QED) is 0.580. The SMILES string of the molecule is NC(=O)c1ccc(Sc2nnc3ccccn23)c([N+](=O)[O-])c1. The zero-order chi connectivity index (χ0) is 15.7. The molecule has 110 valence electrons. The molecule has 0 fully saturated rings. The average molecular weight is 315 g/mol. The van der Waals surface area contributed by atoms with Crippen LogP contribution in [0.5, 0.6) is 0 Å². The van der Waals surface area contributed by atoms with E-state index in [1.807, 2.05) is 12.1 Å². The number of hydrogen-bond acceptors (Lipinski definition) is 6. The molecule has 1 amide bonds. The standard InChI is InChI=1S/C13H9N5O3S/c14-12(19)8-4-5-10(9(7-8)18(20)21)22-13-16-15-11-3-1-2-6-17(11)13/h1-7H,(H2,14,19). The molecule has 0 atom stereocenters. The van der Waals surface area contributed by atoms with Crippen LogP contribution in [0.1, 0.15) is 10.4 Å². The number of nitro benzene ring substituents is 1. The Labute approximate surface area is 128 Å². The summed E-state index contributed by atoms with van der Waals surface area (Å²) >= 11 is 1.09. The normalized spacial score (nSPS) is 10.7. The van der Waals surface area contributed by atoms with Crippen LogP contribution in [0, 0.1) is 10.1 Å². The molecule has 3 rings (SSSR count). The van der Waals surface area contributed by atoms with Gasteiger partial charge in [-0.2, -0.15) is 0 Å². The number of carbonyl (C=O) groups excluding carboxylic acids is 1. The molecule has 0 aliphatic heterocycles. The van der Waals surface area contributed by atoms with Crippen LogP contribution in [-0.2, 0) is 0 Å². The van der Waals surface area contributed by atoms with Crippen molar-refractivity contribution in [3.8, 4) is 0 Å². The summed E-state index contributed by atoms with van der Waals surface area (Å²) in [7, 11) is 0. The van der Waals surface area contributed by atoms with Gasteiger partial charge in [-0.15, -0.1) is 10.2 Å². The molecular weight excluding hydrogens is 306 g/mol. The number of benzene rings is 1. The van der Waals surface area contributed by atoms with Crippen LogP contribution in [0.4, 0.5) is 5.69 Å². The van der Waals surface area contributed by atoms with Crippen molar-refractivity contribution in [2.75, 3.05) is 0 Å². The Morgan fingerprint density at radius 2 is 2.09 bits per heavy atom. The van der Waals surface area contributed by atoms with Gasteiger partial charge >= 0.3 is 0 Å². The number of carbonyl (C=O) groups is 1. The van der Waals surface area contributed by atoms with E-state index in [0.717, 1.165) is 17.8 Å². The van der Waals surface area contributed by atoms with Crippen molar-refractivity contribution in [2.24, 2.45) is 5.73 Å². The first-order chi connectivity index (χ1) is 10.6. The molecule has 2 N–H and O–H groups in total. The van der Waals surface area contributed by atoms with Gasteiger partial charge in [0.05, 0.1) is 9.82 Å². The fraction of sp³-hybridized carbons (Fsp3) is 0. The monoisotopic (exact) mass is 315 g/mol. The molecule has 0 aliphatic carbocycles. The third-order valence-electron chi connectivity index (χ3n) is 2.92. The highest BCUT2D eigenvalue weighted by Crippen LogP contribution is 2.34. The Bertz CT molecular complexity index is 892. The van der Waals surface area contributed by atoms with Crippen LogP contribution in [-0.4, -0.2) is 25.4 Å². The van der Waals surface area contributed by atoms with Gasteiger partial charge < -0.3 is 5.73 Å². The zero-order valence-corrected chi connectivity index (χ0v) is 11.9. The third kappa shape index (κ3) is 2.49. The number of rotatable bonds is 4. The maximum atomic E-state index is 11.2. The first kappa shape index (κ1) is 14.0. The number of amides is 1. The minimum Gasteiger partial charge on any atom is -0.366 e. The number of nitro groups is 1. The first-order valence-electron chi connectivity index (χ1n) is 6.12. The Morgan fingerprint density at radius 3 is 2.82 bits per heavy atom. The Balaban J connectivity index is 2.05. The lowest BCUT2D eigenvalue weighted by molar-refractivity contribution is -0.387. The molecular formula is C13H9N5O3S. The Kier molecular flexibility index (Phi) is 3.47. The lowest BCUT2D eigenvalue weighted by Gasteiger charge is -2.03. The summed E-state index contributed by atoms with van der Waals surface area (Å²) in [6, 6.07) is 9.50. The zero-order valence-electron chi connectivity index (χ0n) is 11.0. The first-order valence-corrected chi connectivity index (χ1v) is 6.94. The van der Waals surface area contributed by atoms with Crippen molar-refractivity contribution in [3.05, 3.63) is 58.3 Å². The van der Waals surface area contributed by atoms with Crippen molar-refractivity contribution >= 4 is 29.0 Å². The van der Waals surface area contributed by atoms with Crippen LogP contribution >= 0.6 is 11.8 Å². The lowest BCUT2D eigenvalue weighted by Crippen LogP contribution is -2.11. The highest BCUT2D eigenvalue weighted by Gasteiger charge is 2.19. The van der Waals surface area contributed by atoms with Crippen molar-refractivity contribution in [1.29, 1.82) is 0 Å². The second-order valence-corrected chi connectivity index (χ2v) is 5.33. The maximum Gasteiger partial charge on any atom is 0.284 e. The topological polar surface area (TPSA) is 116 Å². The van der Waals surface area contributed by atoms with Crippen LogP contribution in [0.15, 0.2) is 52.6 Å². The minimum atomic E-state index is -0.715. The molecule has 0 bridgehead atoms. The van der Waals surface area contributed by atoms with Gasteiger partial charge in [-0.05, 0) is 36.0 Å². The van der Waals surface area contributed by atoms with E-state index < -0.39 is 10.8 Å². The van der Waals surface area contributed by atoms with Gasteiger partial charge in [0.15, 0.2) is 5.65 Å². The molecule has 2 heterocycles. The summed E-state index contributed by atoms with van der Waals surface area (Å²) in [6.45, 7) is 0. The average Bonchev–Trinajstić information content (AvgIpc) is 2.90. The van der Waals surface area contributed by atoms with E-state index >= 15 is 0 Å². The summed E-state index contributed by atoms with van der Waals surface area (Å²) in [6.07, 6.45) is 1.77. The van der Waals surface area contributed by atoms with E-state index in [0.29, 0.717) is 15.7 Å². The van der Waals surface area contributed by atoms with Gasteiger partial charge in [0, 0.05) is 17.8 Å². The number of aromatic nitrogens is 3. The molecule has 0 aliphatic rings. The summed E-state index contributed by atoms with van der Waals surface area (Å²) in [5, 5.41) is 19.7. The van der Waals surface area contributed by atoms with Gasteiger partial charge in [-0.3, -0.25) is 19.3 Å². The van der Waals surface area contributed by atoms with E-state index in [9.17, 15) is 14.9 Å². The molecule has 9 heteroatoms. The summed E-state index contributed by atoms with van der Waals surface area (Å²) in [4.78, 5) is 22.1. The number of nitrogens with zero attached hydrogens (tertiary/aromatic N) is 4. The predicted molar refractivity (Wildman–Crippen MR) is 78.7 cm³/mol. The lowest BCUT2D eigenvalue weighted by atomic mass is 10.2. The number of pyridine rings is 1. The Hall–Kier alpha value is -2.94. The van der Waals surface area contributed by atoms with Gasteiger partial charge in [0.25, 0.3) is 5.69 Å². The molecule has 0 radical (unpaired) electrons. The molecule has 0 saturated carbocycles. The van der Waals surface area contributed by atoms with Gasteiger partial charge in [-0.1, -0.05) is 6.07 Å². The highest BCUT2D eigenvalue weighted by molar-refractivity contribution is 7.99. The third-order valence-corrected chi connectivity index (χ3v) is 3.95. The van der Waals surface area contributed by atoms with Gasteiger partial charge in [-0.25, -0.2) is 0 Å². The van der Waals surface area contributed by atoms with Crippen molar-refractivity contribution < 1.29 is 9.72 Å².